The van der Waals surface area contributed by atoms with Gasteiger partial charge < -0.3 is 4.42 Å². The average Bonchev–Trinajstić information content (AvgIpc) is 3.34. The van der Waals surface area contributed by atoms with Crippen LogP contribution < -0.4 is 0 Å². The van der Waals surface area contributed by atoms with Gasteiger partial charge in [-0.3, -0.25) is 4.57 Å². The van der Waals surface area contributed by atoms with Crippen molar-refractivity contribution in [1.82, 2.24) is 25.0 Å². The lowest BCUT2D eigenvalue weighted by molar-refractivity contribution is 0.378. The average molecular weight is 406 g/mol. The minimum atomic E-state index is -0.168. The van der Waals surface area contributed by atoms with Crippen LogP contribution >= 0.6 is 11.8 Å². The van der Waals surface area contributed by atoms with E-state index in [0.29, 0.717) is 17.5 Å². The third kappa shape index (κ3) is 4.24. The van der Waals surface area contributed by atoms with E-state index in [9.17, 15) is 0 Å². The van der Waals surface area contributed by atoms with Crippen molar-refractivity contribution in [3.63, 3.8) is 0 Å². The summed E-state index contributed by atoms with van der Waals surface area (Å²) in [5.74, 6) is 2.56. The Morgan fingerprint density at radius 1 is 0.931 bits per heavy atom. The Morgan fingerprint density at radius 2 is 1.72 bits per heavy atom. The smallest absolute Gasteiger partial charge is 0.226 e. The van der Waals surface area contributed by atoms with Crippen LogP contribution in [0.15, 0.2) is 64.2 Å². The largest absolute Gasteiger partial charge is 0.424 e. The SMILES string of the molecule is Cc1cccc(-c2nnc(SCc3nnc(C(C)(C)C)o3)n2-c2ccccc2)c1. The second-order valence-corrected chi connectivity index (χ2v) is 8.83. The molecule has 0 aliphatic carbocycles. The summed E-state index contributed by atoms with van der Waals surface area (Å²) in [6, 6.07) is 18.4. The van der Waals surface area contributed by atoms with Crippen molar-refractivity contribution in [3.8, 4) is 17.1 Å². The van der Waals surface area contributed by atoms with E-state index in [1.807, 2.05) is 24.3 Å². The first-order valence-electron chi connectivity index (χ1n) is 9.45. The molecule has 0 aliphatic rings. The Labute approximate surface area is 174 Å². The van der Waals surface area contributed by atoms with Crippen molar-refractivity contribution < 1.29 is 4.42 Å². The molecule has 7 heteroatoms. The van der Waals surface area contributed by atoms with Crippen molar-refractivity contribution in [2.24, 2.45) is 0 Å². The van der Waals surface area contributed by atoms with Gasteiger partial charge in [-0.25, -0.2) is 0 Å². The topological polar surface area (TPSA) is 69.6 Å². The summed E-state index contributed by atoms with van der Waals surface area (Å²) in [6.07, 6.45) is 0. The Kier molecular flexibility index (Phi) is 5.24. The molecule has 29 heavy (non-hydrogen) atoms. The van der Waals surface area contributed by atoms with Crippen LogP contribution in [0.5, 0.6) is 0 Å². The zero-order valence-electron chi connectivity index (χ0n) is 17.0. The molecule has 0 fully saturated rings. The normalized spacial score (nSPS) is 11.7. The van der Waals surface area contributed by atoms with E-state index in [4.69, 9.17) is 4.42 Å². The van der Waals surface area contributed by atoms with Crippen LogP contribution in [-0.2, 0) is 11.2 Å². The molecule has 2 heterocycles. The molecule has 0 aliphatic heterocycles. The highest BCUT2D eigenvalue weighted by Crippen LogP contribution is 2.30. The second-order valence-electron chi connectivity index (χ2n) is 7.89. The number of para-hydroxylation sites is 1. The summed E-state index contributed by atoms with van der Waals surface area (Å²) in [6.45, 7) is 8.23. The molecule has 0 radical (unpaired) electrons. The number of aromatic nitrogens is 5. The zero-order valence-corrected chi connectivity index (χ0v) is 17.8. The van der Waals surface area contributed by atoms with Gasteiger partial charge in [0.25, 0.3) is 0 Å². The predicted molar refractivity (Wildman–Crippen MR) is 114 cm³/mol. The molecule has 0 spiro atoms. The van der Waals surface area contributed by atoms with E-state index in [1.54, 1.807) is 0 Å². The Morgan fingerprint density at radius 3 is 2.41 bits per heavy atom. The van der Waals surface area contributed by atoms with E-state index < -0.39 is 0 Å². The van der Waals surface area contributed by atoms with Crippen molar-refractivity contribution >= 4 is 11.8 Å². The van der Waals surface area contributed by atoms with Crippen LogP contribution in [0.2, 0.25) is 0 Å². The molecule has 4 aromatic rings. The predicted octanol–water partition coefficient (Wildman–Crippen LogP) is 5.22. The molecule has 0 amide bonds. The lowest BCUT2D eigenvalue weighted by Gasteiger charge is -2.11. The maximum atomic E-state index is 5.82. The molecule has 0 N–H and O–H groups in total. The quantitative estimate of drug-likeness (QED) is 0.424. The maximum Gasteiger partial charge on any atom is 0.226 e. The summed E-state index contributed by atoms with van der Waals surface area (Å²) in [5, 5.41) is 18.1. The molecule has 148 valence electrons. The van der Waals surface area contributed by atoms with Gasteiger partial charge in [-0.15, -0.1) is 20.4 Å². The minimum Gasteiger partial charge on any atom is -0.424 e. The van der Waals surface area contributed by atoms with Crippen LogP contribution in [0, 0.1) is 6.92 Å². The molecule has 0 atom stereocenters. The summed E-state index contributed by atoms with van der Waals surface area (Å²) in [4.78, 5) is 0. The molecule has 2 aromatic carbocycles. The van der Waals surface area contributed by atoms with Gasteiger partial charge in [-0.2, -0.15) is 0 Å². The number of nitrogens with zero attached hydrogens (tertiary/aromatic N) is 5. The maximum absolute atomic E-state index is 5.82. The van der Waals surface area contributed by atoms with Gasteiger partial charge >= 0.3 is 0 Å². The molecule has 0 saturated heterocycles. The number of hydrogen-bond donors (Lipinski definition) is 0. The molecular formula is C22H23N5OS. The van der Waals surface area contributed by atoms with E-state index in [-0.39, 0.29) is 5.41 Å². The molecular weight excluding hydrogens is 382 g/mol. The highest BCUT2D eigenvalue weighted by Gasteiger charge is 2.22. The number of benzene rings is 2. The van der Waals surface area contributed by atoms with E-state index in [1.165, 1.54) is 17.3 Å². The second kappa shape index (κ2) is 7.83. The molecule has 0 saturated carbocycles. The van der Waals surface area contributed by atoms with Crippen LogP contribution in [-0.4, -0.2) is 25.0 Å². The summed E-state index contributed by atoms with van der Waals surface area (Å²) in [7, 11) is 0. The standard InChI is InChI=1S/C22H23N5OS/c1-15-9-8-10-16(13-15)19-24-26-21(27(19)17-11-6-5-7-12-17)29-14-18-23-25-20(28-18)22(2,3)4/h5-13H,14H2,1-4H3. The van der Waals surface area contributed by atoms with Crippen molar-refractivity contribution in [3.05, 3.63) is 71.9 Å². The van der Waals surface area contributed by atoms with E-state index in [0.717, 1.165) is 22.2 Å². The highest BCUT2D eigenvalue weighted by atomic mass is 32.2. The third-order valence-corrected chi connectivity index (χ3v) is 5.27. The van der Waals surface area contributed by atoms with Crippen LogP contribution in [0.1, 0.15) is 38.1 Å². The number of thioether (sulfide) groups is 1. The minimum absolute atomic E-state index is 0.168. The van der Waals surface area contributed by atoms with Crippen molar-refractivity contribution in [1.29, 1.82) is 0 Å². The molecule has 6 nitrogen and oxygen atoms in total. The lowest BCUT2D eigenvalue weighted by atomic mass is 9.97. The monoisotopic (exact) mass is 405 g/mol. The van der Waals surface area contributed by atoms with Crippen LogP contribution in [0.3, 0.4) is 0 Å². The first-order chi connectivity index (χ1) is 13.9. The van der Waals surface area contributed by atoms with Crippen molar-refractivity contribution in [2.75, 3.05) is 0 Å². The summed E-state index contributed by atoms with van der Waals surface area (Å²) >= 11 is 1.53. The number of hydrogen-bond acceptors (Lipinski definition) is 6. The first-order valence-corrected chi connectivity index (χ1v) is 10.4. The fourth-order valence-electron chi connectivity index (χ4n) is 2.89. The fraction of sp³-hybridized carbons (Fsp3) is 0.273. The van der Waals surface area contributed by atoms with Gasteiger partial charge in [0.2, 0.25) is 11.8 Å². The van der Waals surface area contributed by atoms with Gasteiger partial charge in [0.1, 0.15) is 0 Å². The molecule has 0 unspecified atom stereocenters. The number of aryl methyl sites for hydroxylation is 1. The lowest BCUT2D eigenvalue weighted by Crippen LogP contribution is -2.11. The van der Waals surface area contributed by atoms with Crippen LogP contribution in [0.25, 0.3) is 17.1 Å². The third-order valence-electron chi connectivity index (χ3n) is 4.36. The highest BCUT2D eigenvalue weighted by molar-refractivity contribution is 7.98. The van der Waals surface area contributed by atoms with Crippen LogP contribution in [0.4, 0.5) is 0 Å². The van der Waals surface area contributed by atoms with Gasteiger partial charge in [0.05, 0.1) is 5.75 Å². The van der Waals surface area contributed by atoms with Gasteiger partial charge in [-0.1, -0.05) is 74.5 Å². The zero-order chi connectivity index (χ0) is 20.4. The number of rotatable bonds is 5. The molecule has 4 rings (SSSR count). The van der Waals surface area contributed by atoms with Gasteiger partial charge in [0.15, 0.2) is 11.0 Å². The Bertz CT molecular complexity index is 1110. The van der Waals surface area contributed by atoms with E-state index >= 15 is 0 Å². The summed E-state index contributed by atoms with van der Waals surface area (Å²) in [5.41, 5.74) is 3.05. The first kappa shape index (κ1) is 19.4. The van der Waals surface area contributed by atoms with Crippen molar-refractivity contribution in [2.45, 2.75) is 44.0 Å². The summed E-state index contributed by atoms with van der Waals surface area (Å²) < 4.78 is 7.89. The van der Waals surface area contributed by atoms with E-state index in [2.05, 4.69) is 83.0 Å². The Balaban J connectivity index is 1.68. The Hall–Kier alpha value is -2.93. The fourth-order valence-corrected chi connectivity index (χ4v) is 3.67. The molecule has 2 aromatic heterocycles. The van der Waals surface area contributed by atoms with Gasteiger partial charge in [0, 0.05) is 16.7 Å². The molecule has 0 bridgehead atoms. The van der Waals surface area contributed by atoms with Gasteiger partial charge in [-0.05, 0) is 25.1 Å².